The number of aromatic nitrogens is 4. The fourth-order valence-corrected chi connectivity index (χ4v) is 2.98. The summed E-state index contributed by atoms with van der Waals surface area (Å²) in [7, 11) is 0. The van der Waals surface area contributed by atoms with E-state index in [-0.39, 0.29) is 23.5 Å². The minimum Gasteiger partial charge on any atom is -0.388 e. The van der Waals surface area contributed by atoms with Gasteiger partial charge in [-0.2, -0.15) is 13.2 Å². The van der Waals surface area contributed by atoms with Gasteiger partial charge in [-0.25, -0.2) is 14.3 Å². The highest BCUT2D eigenvalue weighted by Crippen LogP contribution is 2.14. The third-order valence-electron chi connectivity index (χ3n) is 4.31. The van der Waals surface area contributed by atoms with E-state index in [1.807, 2.05) is 13.8 Å². The summed E-state index contributed by atoms with van der Waals surface area (Å²) >= 11 is 0. The average Bonchev–Trinajstić information content (AvgIpc) is 3.01. The number of carbonyl (C=O) groups is 1. The molecule has 0 aliphatic heterocycles. The van der Waals surface area contributed by atoms with Crippen LogP contribution in [-0.4, -0.2) is 42.4 Å². The number of amides is 1. The van der Waals surface area contributed by atoms with Crippen LogP contribution in [0.25, 0.3) is 11.2 Å². The van der Waals surface area contributed by atoms with E-state index in [9.17, 15) is 32.7 Å². The average molecular weight is 419 g/mol. The number of fused-ring (bicyclic) bond motifs is 1. The number of aryl methyl sites for hydroxylation is 2. The van der Waals surface area contributed by atoms with Crippen LogP contribution in [0.4, 0.5) is 13.2 Å². The molecule has 9 nitrogen and oxygen atoms in total. The molecule has 162 valence electrons. The number of hydrogen-bond acceptors (Lipinski definition) is 5. The van der Waals surface area contributed by atoms with Gasteiger partial charge in [0, 0.05) is 13.1 Å². The Bertz CT molecular complexity index is 990. The van der Waals surface area contributed by atoms with Gasteiger partial charge in [0.25, 0.3) is 5.56 Å². The van der Waals surface area contributed by atoms with Crippen molar-refractivity contribution in [2.24, 2.45) is 0 Å². The lowest BCUT2D eigenvalue weighted by molar-refractivity contribution is -0.138. The summed E-state index contributed by atoms with van der Waals surface area (Å²) in [6, 6.07) is 0. The first-order chi connectivity index (χ1) is 13.6. The standard InChI is InChI=1S/C17H24F3N5O4/c1-3-5-7-24-14-13(23(6-4-2)11(9-26)22-14)15(28)25(16(24)29)8-12(27)21-10-17(18,19)20/h26H,3-10H2,1-2H3,(H,21,27). The number of alkyl halides is 3. The number of imidazole rings is 1. The fraction of sp³-hybridized carbons (Fsp3) is 0.647. The molecule has 0 saturated heterocycles. The fourth-order valence-electron chi connectivity index (χ4n) is 2.98. The number of aliphatic hydroxyl groups is 1. The second-order valence-electron chi connectivity index (χ2n) is 6.58. The topological polar surface area (TPSA) is 111 Å². The third-order valence-corrected chi connectivity index (χ3v) is 4.31. The van der Waals surface area contributed by atoms with Crippen molar-refractivity contribution in [3.05, 3.63) is 26.7 Å². The molecule has 0 aromatic carbocycles. The third kappa shape index (κ3) is 5.05. The summed E-state index contributed by atoms with van der Waals surface area (Å²) < 4.78 is 40.3. The molecule has 2 N–H and O–H groups in total. The first-order valence-corrected chi connectivity index (χ1v) is 9.31. The van der Waals surface area contributed by atoms with Crippen LogP contribution in [0.15, 0.2) is 9.59 Å². The smallest absolute Gasteiger partial charge is 0.388 e. The molecule has 2 aromatic heterocycles. The van der Waals surface area contributed by atoms with Gasteiger partial charge in [0.05, 0.1) is 0 Å². The van der Waals surface area contributed by atoms with Crippen molar-refractivity contribution in [2.45, 2.75) is 65.5 Å². The molecule has 0 spiro atoms. The Morgan fingerprint density at radius 1 is 1.10 bits per heavy atom. The SMILES string of the molecule is CCCCn1c(=O)n(CC(=O)NCC(F)(F)F)c(=O)c2c1nc(CO)n2CCC. The Hall–Kier alpha value is -2.63. The normalized spacial score (nSPS) is 11.9. The van der Waals surface area contributed by atoms with Gasteiger partial charge in [-0.3, -0.25) is 14.2 Å². The summed E-state index contributed by atoms with van der Waals surface area (Å²) in [6.45, 7) is 1.44. The van der Waals surface area contributed by atoms with E-state index in [2.05, 4.69) is 4.98 Å². The van der Waals surface area contributed by atoms with Crippen LogP contribution in [0.1, 0.15) is 38.9 Å². The second kappa shape index (κ2) is 9.25. The number of hydrogen-bond donors (Lipinski definition) is 2. The Kier molecular flexibility index (Phi) is 7.22. The van der Waals surface area contributed by atoms with E-state index >= 15 is 0 Å². The summed E-state index contributed by atoms with van der Waals surface area (Å²) in [5.74, 6) is -0.908. The number of nitrogens with one attached hydrogen (secondary N) is 1. The molecule has 0 radical (unpaired) electrons. The van der Waals surface area contributed by atoms with E-state index < -0.39 is 43.0 Å². The maximum Gasteiger partial charge on any atom is 0.405 e. The zero-order valence-corrected chi connectivity index (χ0v) is 16.3. The summed E-state index contributed by atoms with van der Waals surface area (Å²) in [4.78, 5) is 41.9. The van der Waals surface area contributed by atoms with Gasteiger partial charge in [-0.15, -0.1) is 0 Å². The Morgan fingerprint density at radius 2 is 1.79 bits per heavy atom. The van der Waals surface area contributed by atoms with Crippen LogP contribution in [0, 0.1) is 0 Å². The summed E-state index contributed by atoms with van der Waals surface area (Å²) in [6.07, 6.45) is -2.68. The lowest BCUT2D eigenvalue weighted by atomic mass is 10.3. The number of nitrogens with zero attached hydrogens (tertiary/aromatic N) is 4. The van der Waals surface area contributed by atoms with Gasteiger partial charge in [0.2, 0.25) is 5.91 Å². The van der Waals surface area contributed by atoms with Crippen molar-refractivity contribution in [1.82, 2.24) is 24.0 Å². The highest BCUT2D eigenvalue weighted by atomic mass is 19.4. The number of halogens is 3. The Labute approximate surface area is 163 Å². The van der Waals surface area contributed by atoms with Gasteiger partial charge in [0.15, 0.2) is 11.2 Å². The van der Waals surface area contributed by atoms with E-state index in [4.69, 9.17) is 0 Å². The molecule has 0 atom stereocenters. The van der Waals surface area contributed by atoms with Gasteiger partial charge < -0.3 is 15.0 Å². The number of aliphatic hydroxyl groups excluding tert-OH is 1. The van der Waals surface area contributed by atoms with E-state index in [1.165, 1.54) is 9.13 Å². The second-order valence-corrected chi connectivity index (χ2v) is 6.58. The molecule has 0 aliphatic carbocycles. The van der Waals surface area contributed by atoms with Crippen LogP contribution in [0.5, 0.6) is 0 Å². The predicted octanol–water partition coefficient (Wildman–Crippen LogP) is 0.741. The maximum absolute atomic E-state index is 12.9. The largest absolute Gasteiger partial charge is 0.405 e. The number of carbonyl (C=O) groups excluding carboxylic acids is 1. The molecule has 0 bridgehead atoms. The zero-order chi connectivity index (χ0) is 21.8. The van der Waals surface area contributed by atoms with Crippen LogP contribution in [0.2, 0.25) is 0 Å². The first kappa shape index (κ1) is 22.7. The molecular formula is C17H24F3N5O4. The van der Waals surface area contributed by atoms with Gasteiger partial charge in [-0.1, -0.05) is 20.3 Å². The van der Waals surface area contributed by atoms with Crippen LogP contribution in [-0.2, 0) is 31.0 Å². The molecule has 2 aromatic rings. The molecule has 0 saturated carbocycles. The molecule has 2 rings (SSSR count). The van der Waals surface area contributed by atoms with Crippen molar-refractivity contribution in [3.8, 4) is 0 Å². The Balaban J connectivity index is 2.62. The monoisotopic (exact) mass is 419 g/mol. The van der Waals surface area contributed by atoms with Crippen LogP contribution < -0.4 is 16.6 Å². The highest BCUT2D eigenvalue weighted by Gasteiger charge is 2.28. The molecular weight excluding hydrogens is 395 g/mol. The van der Waals surface area contributed by atoms with Crippen molar-refractivity contribution < 1.29 is 23.1 Å². The van der Waals surface area contributed by atoms with Crippen molar-refractivity contribution >= 4 is 17.1 Å². The van der Waals surface area contributed by atoms with Crippen LogP contribution >= 0.6 is 0 Å². The van der Waals surface area contributed by atoms with Gasteiger partial charge in [0.1, 0.15) is 25.5 Å². The molecule has 0 fully saturated rings. The molecule has 1 amide bonds. The van der Waals surface area contributed by atoms with Crippen molar-refractivity contribution in [2.75, 3.05) is 6.54 Å². The Morgan fingerprint density at radius 3 is 2.34 bits per heavy atom. The van der Waals surface area contributed by atoms with Gasteiger partial charge >= 0.3 is 11.9 Å². The van der Waals surface area contributed by atoms with Crippen molar-refractivity contribution in [1.29, 1.82) is 0 Å². The number of unbranched alkanes of at least 4 members (excludes halogenated alkanes) is 1. The lowest BCUT2D eigenvalue weighted by Crippen LogP contribution is -2.45. The summed E-state index contributed by atoms with van der Waals surface area (Å²) in [5.41, 5.74) is -1.53. The van der Waals surface area contributed by atoms with Crippen molar-refractivity contribution in [3.63, 3.8) is 0 Å². The molecule has 29 heavy (non-hydrogen) atoms. The minimum absolute atomic E-state index is 0.0372. The molecule has 12 heteroatoms. The number of rotatable bonds is 9. The summed E-state index contributed by atoms with van der Waals surface area (Å²) in [5, 5.41) is 11.2. The molecule has 2 heterocycles. The zero-order valence-electron chi connectivity index (χ0n) is 16.3. The predicted molar refractivity (Wildman–Crippen MR) is 98.4 cm³/mol. The van der Waals surface area contributed by atoms with E-state index in [0.717, 1.165) is 6.42 Å². The van der Waals surface area contributed by atoms with Crippen LogP contribution in [0.3, 0.4) is 0 Å². The quantitative estimate of drug-likeness (QED) is 0.623. The minimum atomic E-state index is -4.61. The maximum atomic E-state index is 12.9. The first-order valence-electron chi connectivity index (χ1n) is 9.31. The van der Waals surface area contributed by atoms with E-state index in [1.54, 1.807) is 5.32 Å². The molecule has 0 unspecified atom stereocenters. The highest BCUT2D eigenvalue weighted by molar-refractivity contribution is 5.76. The molecule has 0 aliphatic rings. The lowest BCUT2D eigenvalue weighted by Gasteiger charge is -2.13. The van der Waals surface area contributed by atoms with Gasteiger partial charge in [-0.05, 0) is 12.8 Å². The van der Waals surface area contributed by atoms with E-state index in [0.29, 0.717) is 24.0 Å².